The lowest BCUT2D eigenvalue weighted by molar-refractivity contribution is -0.137. The number of benzene rings is 1. The summed E-state index contributed by atoms with van der Waals surface area (Å²) in [4.78, 5) is 0. The summed E-state index contributed by atoms with van der Waals surface area (Å²) < 4.78 is 45.2. The summed E-state index contributed by atoms with van der Waals surface area (Å²) in [6, 6.07) is 3.96. The topological polar surface area (TPSA) is 67.3 Å². The Morgan fingerprint density at radius 3 is 2.65 bits per heavy atom. The summed E-state index contributed by atoms with van der Waals surface area (Å²) in [5.41, 5.74) is 0.867. The van der Waals surface area contributed by atoms with Crippen LogP contribution in [0.4, 0.5) is 19.0 Å². The molecule has 2 aromatic rings. The van der Waals surface area contributed by atoms with Crippen molar-refractivity contribution in [1.82, 2.24) is 10.2 Å². The molecule has 3 rings (SSSR count). The van der Waals surface area contributed by atoms with Crippen LogP contribution in [0.15, 0.2) is 18.2 Å². The fraction of sp³-hybridized carbons (Fsp3) is 0.565. The van der Waals surface area contributed by atoms with Gasteiger partial charge in [-0.3, -0.25) is 0 Å². The molecule has 2 heterocycles. The van der Waals surface area contributed by atoms with Gasteiger partial charge in [0.05, 0.1) is 12.2 Å². The third-order valence-electron chi connectivity index (χ3n) is 5.63. The van der Waals surface area contributed by atoms with Crippen molar-refractivity contribution in [3.8, 4) is 17.0 Å². The molecule has 0 aliphatic carbocycles. The maximum Gasteiger partial charge on any atom is 0.416 e. The highest BCUT2D eigenvalue weighted by Gasteiger charge is 2.33. The summed E-state index contributed by atoms with van der Waals surface area (Å²) >= 11 is 0. The van der Waals surface area contributed by atoms with E-state index < -0.39 is 17.5 Å². The molecule has 1 aliphatic rings. The van der Waals surface area contributed by atoms with Gasteiger partial charge in [-0.1, -0.05) is 33.1 Å². The average Bonchev–Trinajstić information content (AvgIpc) is 2.81. The van der Waals surface area contributed by atoms with Crippen molar-refractivity contribution in [2.24, 2.45) is 0 Å². The van der Waals surface area contributed by atoms with E-state index in [4.69, 9.17) is 4.74 Å². The predicted octanol–water partition coefficient (Wildman–Crippen LogP) is 6.10. The summed E-state index contributed by atoms with van der Waals surface area (Å²) in [6.45, 7) is 4.68. The summed E-state index contributed by atoms with van der Waals surface area (Å²) in [7, 11) is 0. The number of nitrogens with one attached hydrogen (secondary N) is 1. The van der Waals surface area contributed by atoms with Crippen molar-refractivity contribution >= 4 is 5.82 Å². The molecule has 170 valence electrons. The molecule has 0 bridgehead atoms. The summed E-state index contributed by atoms with van der Waals surface area (Å²) in [5.74, 6) is 0.188. The normalized spacial score (nSPS) is 15.3. The SMILES string of the molecule is CCCCC[C@H](CC)Nc1cc2c(nn1)-c1c(O)cc(C(F)(F)F)cc1COCCC2. The Balaban J connectivity index is 1.96. The monoisotopic (exact) mass is 437 g/mol. The number of phenolic OH excluding ortho intramolecular Hbond substituents is 1. The number of aryl methyl sites for hydroxylation is 1. The fourth-order valence-electron chi connectivity index (χ4n) is 3.91. The number of rotatable bonds is 7. The van der Waals surface area contributed by atoms with Crippen LogP contribution >= 0.6 is 0 Å². The van der Waals surface area contributed by atoms with Crippen LogP contribution in [0, 0.1) is 0 Å². The minimum absolute atomic E-state index is 0.0245. The number of aromatic nitrogens is 2. The molecule has 1 atom stereocenters. The molecule has 5 nitrogen and oxygen atoms in total. The van der Waals surface area contributed by atoms with Crippen LogP contribution in [0.5, 0.6) is 5.75 Å². The Kier molecular flexibility index (Phi) is 7.75. The van der Waals surface area contributed by atoms with Crippen molar-refractivity contribution in [3.63, 3.8) is 0 Å². The van der Waals surface area contributed by atoms with E-state index in [1.807, 2.05) is 6.07 Å². The second kappa shape index (κ2) is 10.3. The standard InChI is InChI=1S/C23H30F3N3O2/c1-3-5-6-9-18(4-2)27-20-12-15-8-7-10-31-14-16-11-17(23(24,25)26)13-19(30)21(16)22(15)29-28-20/h11-13,18,30H,3-10,14H2,1-2H3,(H,27,28)/t18-/m0/s1. The van der Waals surface area contributed by atoms with Crippen LogP contribution in [-0.2, 0) is 23.9 Å². The Morgan fingerprint density at radius 1 is 1.13 bits per heavy atom. The number of aromatic hydroxyl groups is 1. The molecule has 0 amide bonds. The number of anilines is 1. The van der Waals surface area contributed by atoms with Crippen LogP contribution in [0.1, 0.15) is 69.1 Å². The van der Waals surface area contributed by atoms with Gasteiger partial charge in [-0.15, -0.1) is 10.2 Å². The van der Waals surface area contributed by atoms with Gasteiger partial charge < -0.3 is 15.2 Å². The van der Waals surface area contributed by atoms with Gasteiger partial charge in [0.25, 0.3) is 0 Å². The zero-order valence-electron chi connectivity index (χ0n) is 18.1. The first kappa shape index (κ1) is 23.3. The van der Waals surface area contributed by atoms with Crippen molar-refractivity contribution in [1.29, 1.82) is 0 Å². The van der Waals surface area contributed by atoms with E-state index in [1.165, 1.54) is 6.42 Å². The van der Waals surface area contributed by atoms with E-state index in [2.05, 4.69) is 29.4 Å². The molecule has 1 aromatic heterocycles. The number of phenols is 1. The number of hydrogen-bond acceptors (Lipinski definition) is 5. The molecule has 0 spiro atoms. The molecule has 0 radical (unpaired) electrons. The van der Waals surface area contributed by atoms with Gasteiger partial charge in [-0.2, -0.15) is 13.2 Å². The third kappa shape index (κ3) is 5.87. The minimum Gasteiger partial charge on any atom is -0.507 e. The zero-order valence-corrected chi connectivity index (χ0v) is 18.1. The predicted molar refractivity (Wildman–Crippen MR) is 114 cm³/mol. The Hall–Kier alpha value is -2.35. The Bertz CT molecular complexity index is 887. The number of halogens is 3. The smallest absolute Gasteiger partial charge is 0.416 e. The minimum atomic E-state index is -4.56. The molecule has 0 saturated carbocycles. The first-order chi connectivity index (χ1) is 14.8. The van der Waals surface area contributed by atoms with E-state index in [9.17, 15) is 18.3 Å². The zero-order chi connectivity index (χ0) is 22.4. The van der Waals surface area contributed by atoms with Crippen LogP contribution in [-0.4, -0.2) is 28.0 Å². The second-order valence-electron chi connectivity index (χ2n) is 8.03. The quantitative estimate of drug-likeness (QED) is 0.512. The van der Waals surface area contributed by atoms with E-state index in [-0.39, 0.29) is 23.8 Å². The first-order valence-corrected chi connectivity index (χ1v) is 11.0. The van der Waals surface area contributed by atoms with Gasteiger partial charge in [-0.25, -0.2) is 0 Å². The van der Waals surface area contributed by atoms with Crippen LogP contribution in [0.25, 0.3) is 11.3 Å². The van der Waals surface area contributed by atoms with Crippen LogP contribution in [0.3, 0.4) is 0 Å². The van der Waals surface area contributed by atoms with Crippen molar-refractivity contribution < 1.29 is 23.0 Å². The number of fused-ring (bicyclic) bond motifs is 3. The van der Waals surface area contributed by atoms with Gasteiger partial charge in [0.15, 0.2) is 0 Å². The highest BCUT2D eigenvalue weighted by molar-refractivity contribution is 5.74. The number of alkyl halides is 3. The summed E-state index contributed by atoms with van der Waals surface area (Å²) in [5, 5.41) is 22.5. The van der Waals surface area contributed by atoms with Crippen molar-refractivity contribution in [2.45, 2.75) is 77.6 Å². The van der Waals surface area contributed by atoms with Gasteiger partial charge in [-0.05, 0) is 55.0 Å². The molecule has 31 heavy (non-hydrogen) atoms. The van der Waals surface area contributed by atoms with E-state index >= 15 is 0 Å². The Labute approximate surface area is 181 Å². The molecule has 8 heteroatoms. The number of unbranched alkanes of at least 4 members (excludes halogenated alkanes) is 2. The lowest BCUT2D eigenvalue weighted by Gasteiger charge is -2.19. The third-order valence-corrected chi connectivity index (χ3v) is 5.63. The molecule has 0 unspecified atom stereocenters. The van der Waals surface area contributed by atoms with E-state index in [0.29, 0.717) is 31.0 Å². The molecular formula is C23H30F3N3O2. The molecular weight excluding hydrogens is 407 g/mol. The number of ether oxygens (including phenoxy) is 1. The van der Waals surface area contributed by atoms with Crippen molar-refractivity contribution in [3.05, 3.63) is 34.9 Å². The lowest BCUT2D eigenvalue weighted by Crippen LogP contribution is -2.19. The number of hydrogen-bond donors (Lipinski definition) is 2. The van der Waals surface area contributed by atoms with Gasteiger partial charge in [0, 0.05) is 18.2 Å². The molecule has 0 saturated heterocycles. The fourth-order valence-corrected chi connectivity index (χ4v) is 3.91. The van der Waals surface area contributed by atoms with Gasteiger partial charge in [0.2, 0.25) is 0 Å². The molecule has 1 aromatic carbocycles. The maximum atomic E-state index is 13.2. The Morgan fingerprint density at radius 2 is 1.94 bits per heavy atom. The van der Waals surface area contributed by atoms with E-state index in [0.717, 1.165) is 43.4 Å². The average molecular weight is 438 g/mol. The van der Waals surface area contributed by atoms with Crippen LogP contribution in [0.2, 0.25) is 0 Å². The first-order valence-electron chi connectivity index (χ1n) is 11.0. The summed E-state index contributed by atoms with van der Waals surface area (Å²) in [6.07, 6.45) is 2.26. The molecule has 1 aliphatic heterocycles. The largest absolute Gasteiger partial charge is 0.507 e. The van der Waals surface area contributed by atoms with Gasteiger partial charge in [0.1, 0.15) is 17.3 Å². The van der Waals surface area contributed by atoms with Gasteiger partial charge >= 0.3 is 6.18 Å². The highest BCUT2D eigenvalue weighted by Crippen LogP contribution is 2.40. The highest BCUT2D eigenvalue weighted by atomic mass is 19.4. The number of nitrogens with zero attached hydrogens (tertiary/aromatic N) is 2. The van der Waals surface area contributed by atoms with Crippen LogP contribution < -0.4 is 5.32 Å². The van der Waals surface area contributed by atoms with E-state index in [1.54, 1.807) is 0 Å². The second-order valence-corrected chi connectivity index (χ2v) is 8.03. The lowest BCUT2D eigenvalue weighted by atomic mass is 9.96. The maximum absolute atomic E-state index is 13.2. The van der Waals surface area contributed by atoms with Crippen molar-refractivity contribution in [2.75, 3.05) is 11.9 Å². The molecule has 2 N–H and O–H groups in total. The molecule has 0 fully saturated rings.